The number of ether oxygens (including phenoxy) is 1. The minimum atomic E-state index is -3.68. The Morgan fingerprint density at radius 2 is 1.78 bits per heavy atom. The highest BCUT2D eigenvalue weighted by atomic mass is 35.5. The summed E-state index contributed by atoms with van der Waals surface area (Å²) in [7, 11) is -3.68. The minimum absolute atomic E-state index is 0.0652. The molecular weight excluding hydrogens is 534 g/mol. The molecule has 192 valence electrons. The van der Waals surface area contributed by atoms with E-state index in [1.165, 1.54) is 27.8 Å². The molecule has 1 amide bonds. The molecule has 4 rings (SSSR count). The predicted molar refractivity (Wildman–Crippen MR) is 146 cm³/mol. The van der Waals surface area contributed by atoms with Crippen molar-refractivity contribution in [2.45, 2.75) is 18.7 Å². The second-order valence-corrected chi connectivity index (χ2v) is 11.6. The molecule has 0 fully saturated rings. The molecule has 0 aliphatic rings. The Bertz CT molecular complexity index is 1570. The summed E-state index contributed by atoms with van der Waals surface area (Å²) >= 11 is 7.40. The van der Waals surface area contributed by atoms with Crippen LogP contribution < -0.4 is 5.32 Å². The molecule has 0 spiro atoms. The van der Waals surface area contributed by atoms with Gasteiger partial charge in [-0.25, -0.2) is 18.2 Å². The maximum Gasteiger partial charge on any atom is 0.339 e. The van der Waals surface area contributed by atoms with E-state index in [9.17, 15) is 18.0 Å². The number of carbonyl (C=O) groups is 2. The summed E-state index contributed by atoms with van der Waals surface area (Å²) in [6.45, 7) is 3.62. The van der Waals surface area contributed by atoms with Crippen molar-refractivity contribution in [2.24, 2.45) is 0 Å². The number of nitrogens with zero attached hydrogens (tertiary/aromatic N) is 2. The van der Waals surface area contributed by atoms with Crippen molar-refractivity contribution in [3.05, 3.63) is 76.6 Å². The number of amides is 1. The van der Waals surface area contributed by atoms with Crippen LogP contribution >= 0.6 is 22.9 Å². The summed E-state index contributed by atoms with van der Waals surface area (Å²) in [4.78, 5) is 31.0. The summed E-state index contributed by atoms with van der Waals surface area (Å²) < 4.78 is 32.8. The number of sulfonamides is 1. The summed E-state index contributed by atoms with van der Waals surface area (Å²) in [5.41, 5.74) is 1.72. The fourth-order valence-corrected chi connectivity index (χ4v) is 6.28. The number of hydrogen-bond donors (Lipinski definition) is 1. The number of anilines is 1. The molecule has 8 nitrogen and oxygen atoms in total. The molecular formula is C26H24ClN3O5S2. The second-order valence-electron chi connectivity index (χ2n) is 7.92. The molecule has 1 N–H and O–H groups in total. The average molecular weight is 558 g/mol. The van der Waals surface area contributed by atoms with Gasteiger partial charge in [0.25, 0.3) is 5.91 Å². The van der Waals surface area contributed by atoms with Gasteiger partial charge in [-0.15, -0.1) is 11.3 Å². The summed E-state index contributed by atoms with van der Waals surface area (Å²) in [5, 5.41) is 3.18. The number of benzene rings is 2. The molecule has 0 radical (unpaired) electrons. The monoisotopic (exact) mass is 557 g/mol. The standard InChI is InChI=1S/C26H24ClN3O5S2/c1-3-30(4-2)37(33,34)18-9-7-8-17(14-18)28-25(31)16-35-26(32)20-15-22(23-12-13-24(27)36-23)29-21-11-6-5-10-19(20)21/h5-15H,3-4,16H2,1-2H3,(H,28,31). The third-order valence-corrected chi connectivity index (χ3v) is 8.86. The van der Waals surface area contributed by atoms with E-state index < -0.39 is 28.5 Å². The number of aromatic nitrogens is 1. The smallest absolute Gasteiger partial charge is 0.339 e. The van der Waals surface area contributed by atoms with Crippen molar-refractivity contribution in [1.82, 2.24) is 9.29 Å². The van der Waals surface area contributed by atoms with Crippen LogP contribution in [0.3, 0.4) is 0 Å². The van der Waals surface area contributed by atoms with Gasteiger partial charge < -0.3 is 10.1 Å². The predicted octanol–water partition coefficient (Wildman–Crippen LogP) is 5.44. The number of halogens is 1. The average Bonchev–Trinajstić information content (AvgIpc) is 3.33. The van der Waals surface area contributed by atoms with E-state index in [-0.39, 0.29) is 16.1 Å². The molecule has 0 atom stereocenters. The maximum absolute atomic E-state index is 13.0. The van der Waals surface area contributed by atoms with Gasteiger partial charge in [0.2, 0.25) is 10.0 Å². The van der Waals surface area contributed by atoms with Crippen LogP contribution in [0.4, 0.5) is 5.69 Å². The lowest BCUT2D eigenvalue weighted by atomic mass is 10.1. The number of esters is 1. The van der Waals surface area contributed by atoms with Crippen LogP contribution in [0, 0.1) is 0 Å². The van der Waals surface area contributed by atoms with E-state index in [0.717, 1.165) is 4.88 Å². The zero-order chi connectivity index (χ0) is 26.6. The lowest BCUT2D eigenvalue weighted by Gasteiger charge is -2.18. The van der Waals surface area contributed by atoms with Gasteiger partial charge in [-0.3, -0.25) is 4.79 Å². The highest BCUT2D eigenvalue weighted by Gasteiger charge is 2.22. The molecule has 0 unspecified atom stereocenters. The topological polar surface area (TPSA) is 106 Å². The Kier molecular flexibility index (Phi) is 8.23. The van der Waals surface area contributed by atoms with Crippen LogP contribution in [-0.4, -0.2) is 49.3 Å². The minimum Gasteiger partial charge on any atom is -0.452 e. The van der Waals surface area contributed by atoms with E-state index in [4.69, 9.17) is 16.3 Å². The van der Waals surface area contributed by atoms with Crippen LogP contribution in [0.5, 0.6) is 0 Å². The van der Waals surface area contributed by atoms with Gasteiger partial charge in [-0.05, 0) is 42.5 Å². The van der Waals surface area contributed by atoms with E-state index in [1.807, 2.05) is 12.1 Å². The van der Waals surface area contributed by atoms with Gasteiger partial charge >= 0.3 is 5.97 Å². The third-order valence-electron chi connectivity index (χ3n) is 5.56. The van der Waals surface area contributed by atoms with Crippen molar-refractivity contribution < 1.29 is 22.7 Å². The number of rotatable bonds is 9. The largest absolute Gasteiger partial charge is 0.452 e. The van der Waals surface area contributed by atoms with E-state index in [0.29, 0.717) is 34.0 Å². The molecule has 0 saturated heterocycles. The van der Waals surface area contributed by atoms with E-state index >= 15 is 0 Å². The number of carbonyl (C=O) groups excluding carboxylic acids is 2. The Morgan fingerprint density at radius 3 is 2.49 bits per heavy atom. The SMILES string of the molecule is CCN(CC)S(=O)(=O)c1cccc(NC(=O)COC(=O)c2cc(-c3ccc(Cl)s3)nc3ccccc23)c1. The number of pyridine rings is 1. The van der Waals surface area contributed by atoms with Gasteiger partial charge in [-0.2, -0.15) is 4.31 Å². The molecule has 2 heterocycles. The fraction of sp³-hybridized carbons (Fsp3) is 0.192. The quantitative estimate of drug-likeness (QED) is 0.275. The Hall–Kier alpha value is -3.31. The Morgan fingerprint density at radius 1 is 1.03 bits per heavy atom. The lowest BCUT2D eigenvalue weighted by molar-refractivity contribution is -0.119. The second kappa shape index (κ2) is 11.4. The zero-order valence-electron chi connectivity index (χ0n) is 20.1. The number of para-hydroxylation sites is 1. The van der Waals surface area contributed by atoms with Crippen molar-refractivity contribution in [1.29, 1.82) is 0 Å². The van der Waals surface area contributed by atoms with Gasteiger partial charge in [0.1, 0.15) is 0 Å². The maximum atomic E-state index is 13.0. The molecule has 37 heavy (non-hydrogen) atoms. The summed E-state index contributed by atoms with van der Waals surface area (Å²) in [5.74, 6) is -1.29. The van der Waals surface area contributed by atoms with Crippen molar-refractivity contribution in [2.75, 3.05) is 25.0 Å². The number of hydrogen-bond acceptors (Lipinski definition) is 7. The van der Waals surface area contributed by atoms with Crippen molar-refractivity contribution >= 4 is 61.4 Å². The Labute approximate surface area is 223 Å². The number of thiophene rings is 1. The summed E-state index contributed by atoms with van der Waals surface area (Å²) in [6.07, 6.45) is 0. The van der Waals surface area contributed by atoms with Gasteiger partial charge in [-0.1, -0.05) is 49.7 Å². The van der Waals surface area contributed by atoms with Crippen LogP contribution in [0.15, 0.2) is 71.6 Å². The molecule has 0 aliphatic heterocycles. The normalized spacial score (nSPS) is 11.6. The van der Waals surface area contributed by atoms with Crippen LogP contribution in [0.1, 0.15) is 24.2 Å². The molecule has 0 aliphatic carbocycles. The van der Waals surface area contributed by atoms with E-state index in [2.05, 4.69) is 10.3 Å². The van der Waals surface area contributed by atoms with E-state index in [1.54, 1.807) is 56.3 Å². The molecule has 4 aromatic rings. The first-order chi connectivity index (χ1) is 17.7. The van der Waals surface area contributed by atoms with Crippen LogP contribution in [0.25, 0.3) is 21.5 Å². The fourth-order valence-electron chi connectivity index (χ4n) is 3.78. The first kappa shape index (κ1) is 26.7. The highest BCUT2D eigenvalue weighted by Crippen LogP contribution is 2.32. The third kappa shape index (κ3) is 5.99. The zero-order valence-corrected chi connectivity index (χ0v) is 22.5. The first-order valence-electron chi connectivity index (χ1n) is 11.5. The van der Waals surface area contributed by atoms with Gasteiger partial charge in [0, 0.05) is 24.2 Å². The Balaban J connectivity index is 1.50. The van der Waals surface area contributed by atoms with Crippen LogP contribution in [-0.2, 0) is 19.6 Å². The molecule has 0 bridgehead atoms. The van der Waals surface area contributed by atoms with Gasteiger partial charge in [0.15, 0.2) is 6.61 Å². The number of fused-ring (bicyclic) bond motifs is 1. The molecule has 2 aromatic carbocycles. The van der Waals surface area contributed by atoms with Gasteiger partial charge in [0.05, 0.1) is 30.9 Å². The molecule has 11 heteroatoms. The van der Waals surface area contributed by atoms with Crippen molar-refractivity contribution in [3.63, 3.8) is 0 Å². The molecule has 0 saturated carbocycles. The molecule has 2 aromatic heterocycles. The lowest BCUT2D eigenvalue weighted by Crippen LogP contribution is -2.30. The number of nitrogens with one attached hydrogen (secondary N) is 1. The summed E-state index contributed by atoms with van der Waals surface area (Å²) in [6, 6.07) is 18.3. The highest BCUT2D eigenvalue weighted by molar-refractivity contribution is 7.89. The first-order valence-corrected chi connectivity index (χ1v) is 14.1. The van der Waals surface area contributed by atoms with Crippen molar-refractivity contribution in [3.8, 4) is 10.6 Å². The van der Waals surface area contributed by atoms with Crippen LogP contribution in [0.2, 0.25) is 4.34 Å².